The average molecular weight is 477 g/mol. The second-order valence-corrected chi connectivity index (χ2v) is 9.92. The number of urea groups is 1. The molecule has 35 heavy (non-hydrogen) atoms. The molecule has 3 aliphatic heterocycles. The van der Waals surface area contributed by atoms with Gasteiger partial charge in [0.15, 0.2) is 5.54 Å². The molecule has 184 valence electrons. The number of benzene rings is 1. The lowest BCUT2D eigenvalue weighted by molar-refractivity contribution is -0.135. The zero-order valence-corrected chi connectivity index (χ0v) is 20.3. The topological polar surface area (TPSA) is 91.8 Å². The first-order valence-corrected chi connectivity index (χ1v) is 12.4. The summed E-state index contributed by atoms with van der Waals surface area (Å²) in [6.07, 6.45) is 6.20. The number of rotatable bonds is 5. The highest BCUT2D eigenvalue weighted by molar-refractivity contribution is 6.07. The van der Waals surface area contributed by atoms with Crippen molar-refractivity contribution in [1.82, 2.24) is 20.1 Å². The Hall–Kier alpha value is -3.26. The minimum Gasteiger partial charge on any atom is -0.376 e. The van der Waals surface area contributed by atoms with Crippen LogP contribution >= 0.6 is 0 Å². The Labute approximate surface area is 205 Å². The van der Waals surface area contributed by atoms with E-state index >= 15 is 0 Å². The Balaban J connectivity index is 1.38. The number of amides is 4. The molecule has 4 amide bonds. The largest absolute Gasteiger partial charge is 0.376 e. The van der Waals surface area contributed by atoms with Gasteiger partial charge < -0.3 is 15.0 Å². The summed E-state index contributed by atoms with van der Waals surface area (Å²) in [7, 11) is 0. The summed E-state index contributed by atoms with van der Waals surface area (Å²) < 4.78 is 5.70. The third-order valence-corrected chi connectivity index (χ3v) is 7.67. The third-order valence-electron chi connectivity index (χ3n) is 7.67. The third kappa shape index (κ3) is 4.20. The van der Waals surface area contributed by atoms with Crippen molar-refractivity contribution < 1.29 is 19.1 Å². The predicted molar refractivity (Wildman–Crippen MR) is 130 cm³/mol. The minimum atomic E-state index is -1.18. The molecule has 1 aromatic heterocycles. The van der Waals surface area contributed by atoms with Gasteiger partial charge in [-0.15, -0.1) is 0 Å². The van der Waals surface area contributed by atoms with E-state index in [1.54, 1.807) is 18.5 Å². The van der Waals surface area contributed by atoms with E-state index in [4.69, 9.17) is 4.74 Å². The SMILES string of the molecule is Cc1ccc(C(=O)N2CCC([C@@]3(c4cccnc4)NC(=O)N(C[C@H]4CCCO4)C3=O)CC2)c(C)c1. The van der Waals surface area contributed by atoms with Crippen LogP contribution in [-0.2, 0) is 15.1 Å². The molecule has 8 heteroatoms. The molecule has 1 N–H and O–H groups in total. The maximum absolute atomic E-state index is 13.9. The molecular formula is C27H32N4O4. The second kappa shape index (κ2) is 9.41. The Morgan fingerprint density at radius 2 is 1.97 bits per heavy atom. The summed E-state index contributed by atoms with van der Waals surface area (Å²) in [5.41, 5.74) is 2.31. The summed E-state index contributed by atoms with van der Waals surface area (Å²) in [5, 5.41) is 3.06. The molecule has 2 atom stereocenters. The number of piperidine rings is 1. The zero-order chi connectivity index (χ0) is 24.6. The van der Waals surface area contributed by atoms with E-state index in [1.807, 2.05) is 43.0 Å². The van der Waals surface area contributed by atoms with Crippen LogP contribution in [0.3, 0.4) is 0 Å². The van der Waals surface area contributed by atoms with Gasteiger partial charge in [0.1, 0.15) is 0 Å². The summed E-state index contributed by atoms with van der Waals surface area (Å²) in [6.45, 7) is 5.94. The highest BCUT2D eigenvalue weighted by Gasteiger charge is 2.57. The quantitative estimate of drug-likeness (QED) is 0.670. The number of nitrogens with zero attached hydrogens (tertiary/aromatic N) is 3. The molecular weight excluding hydrogens is 444 g/mol. The van der Waals surface area contributed by atoms with Crippen molar-refractivity contribution >= 4 is 17.8 Å². The van der Waals surface area contributed by atoms with Gasteiger partial charge in [0.05, 0.1) is 12.6 Å². The number of nitrogens with one attached hydrogen (secondary N) is 1. The summed E-state index contributed by atoms with van der Waals surface area (Å²) >= 11 is 0. The molecule has 0 bridgehead atoms. The van der Waals surface area contributed by atoms with Crippen molar-refractivity contribution in [3.05, 3.63) is 65.0 Å². The fraction of sp³-hybridized carbons (Fsp3) is 0.481. The Morgan fingerprint density at radius 3 is 2.63 bits per heavy atom. The van der Waals surface area contributed by atoms with Gasteiger partial charge in [0.2, 0.25) is 0 Å². The predicted octanol–water partition coefficient (Wildman–Crippen LogP) is 3.18. The van der Waals surface area contributed by atoms with E-state index in [1.165, 1.54) is 4.90 Å². The summed E-state index contributed by atoms with van der Waals surface area (Å²) in [4.78, 5) is 47.6. The van der Waals surface area contributed by atoms with Gasteiger partial charge in [0, 0.05) is 43.2 Å². The smallest absolute Gasteiger partial charge is 0.325 e. The number of aromatic nitrogens is 1. The van der Waals surface area contributed by atoms with Gasteiger partial charge in [-0.1, -0.05) is 23.8 Å². The van der Waals surface area contributed by atoms with Crippen LogP contribution in [0.25, 0.3) is 0 Å². The number of hydrogen-bond acceptors (Lipinski definition) is 5. The molecule has 3 fully saturated rings. The molecule has 4 heterocycles. The van der Waals surface area contributed by atoms with Gasteiger partial charge in [0.25, 0.3) is 11.8 Å². The van der Waals surface area contributed by atoms with Crippen molar-refractivity contribution in [1.29, 1.82) is 0 Å². The van der Waals surface area contributed by atoms with Crippen molar-refractivity contribution in [3.8, 4) is 0 Å². The molecule has 0 saturated carbocycles. The fourth-order valence-corrected chi connectivity index (χ4v) is 5.80. The van der Waals surface area contributed by atoms with E-state index < -0.39 is 5.54 Å². The van der Waals surface area contributed by atoms with E-state index in [0.29, 0.717) is 43.7 Å². The van der Waals surface area contributed by atoms with Crippen LogP contribution < -0.4 is 5.32 Å². The molecule has 0 aliphatic carbocycles. The lowest BCUT2D eigenvalue weighted by Gasteiger charge is -2.41. The van der Waals surface area contributed by atoms with E-state index in [2.05, 4.69) is 10.3 Å². The van der Waals surface area contributed by atoms with Crippen LogP contribution in [0.15, 0.2) is 42.7 Å². The Morgan fingerprint density at radius 1 is 1.17 bits per heavy atom. The fourth-order valence-electron chi connectivity index (χ4n) is 5.80. The number of carbonyl (C=O) groups excluding carboxylic acids is 3. The number of imide groups is 1. The lowest BCUT2D eigenvalue weighted by Crippen LogP contribution is -2.54. The lowest BCUT2D eigenvalue weighted by atomic mass is 9.73. The van der Waals surface area contributed by atoms with Gasteiger partial charge in [-0.05, 0) is 63.1 Å². The molecule has 8 nitrogen and oxygen atoms in total. The highest BCUT2D eigenvalue weighted by atomic mass is 16.5. The van der Waals surface area contributed by atoms with Crippen molar-refractivity contribution in [2.75, 3.05) is 26.2 Å². The number of ether oxygens (including phenoxy) is 1. The number of likely N-dealkylation sites (tertiary alicyclic amines) is 1. The Kier molecular flexibility index (Phi) is 6.32. The van der Waals surface area contributed by atoms with Gasteiger partial charge in [-0.2, -0.15) is 0 Å². The first-order chi connectivity index (χ1) is 16.9. The summed E-state index contributed by atoms with van der Waals surface area (Å²) in [5.74, 6) is -0.385. The number of carbonyl (C=O) groups is 3. The van der Waals surface area contributed by atoms with Crippen LogP contribution in [0.5, 0.6) is 0 Å². The monoisotopic (exact) mass is 476 g/mol. The number of aryl methyl sites for hydroxylation is 2. The minimum absolute atomic E-state index is 0.0122. The normalized spacial score (nSPS) is 25.3. The molecule has 0 spiro atoms. The van der Waals surface area contributed by atoms with Gasteiger partial charge in [-0.3, -0.25) is 19.5 Å². The average Bonchev–Trinajstić information content (AvgIpc) is 3.47. The second-order valence-electron chi connectivity index (χ2n) is 9.92. The molecule has 0 radical (unpaired) electrons. The first-order valence-electron chi connectivity index (χ1n) is 12.4. The van der Waals surface area contributed by atoms with E-state index in [-0.39, 0.29) is 36.4 Å². The first kappa shape index (κ1) is 23.5. The number of hydrogen-bond donors (Lipinski definition) is 1. The zero-order valence-electron chi connectivity index (χ0n) is 20.3. The van der Waals surface area contributed by atoms with Crippen LogP contribution in [0, 0.1) is 19.8 Å². The van der Waals surface area contributed by atoms with Crippen LogP contribution in [0.4, 0.5) is 4.79 Å². The van der Waals surface area contributed by atoms with Gasteiger partial charge >= 0.3 is 6.03 Å². The summed E-state index contributed by atoms with van der Waals surface area (Å²) in [6, 6.07) is 9.13. The van der Waals surface area contributed by atoms with E-state index in [0.717, 1.165) is 24.0 Å². The highest BCUT2D eigenvalue weighted by Crippen LogP contribution is 2.41. The van der Waals surface area contributed by atoms with Crippen molar-refractivity contribution in [2.45, 2.75) is 51.2 Å². The molecule has 3 aliphatic rings. The number of pyridine rings is 1. The van der Waals surface area contributed by atoms with Crippen molar-refractivity contribution in [2.24, 2.45) is 5.92 Å². The molecule has 0 unspecified atom stereocenters. The molecule has 2 aromatic rings. The maximum atomic E-state index is 13.9. The Bertz CT molecular complexity index is 1120. The van der Waals surface area contributed by atoms with Crippen molar-refractivity contribution in [3.63, 3.8) is 0 Å². The standard InChI is InChI=1S/C27H32N4O4/c1-18-7-8-23(19(2)15-18)24(32)30-12-9-20(10-13-30)27(21-5-3-11-28-16-21)25(33)31(26(34)29-27)17-22-6-4-14-35-22/h3,5,7-8,11,15-16,20,22H,4,6,9-10,12-14,17H2,1-2H3,(H,29,34)/t22-,27+/m1/s1. The van der Waals surface area contributed by atoms with Crippen LogP contribution in [-0.4, -0.2) is 65.0 Å². The maximum Gasteiger partial charge on any atom is 0.325 e. The van der Waals surface area contributed by atoms with Crippen LogP contribution in [0.2, 0.25) is 0 Å². The van der Waals surface area contributed by atoms with Gasteiger partial charge in [-0.25, -0.2) is 4.79 Å². The molecule has 5 rings (SSSR count). The van der Waals surface area contributed by atoms with Crippen LogP contribution in [0.1, 0.15) is 52.7 Å². The molecule has 1 aromatic carbocycles. The van der Waals surface area contributed by atoms with E-state index in [9.17, 15) is 14.4 Å². The molecule has 3 saturated heterocycles.